The number of amides is 2. The molecule has 5 nitrogen and oxygen atoms in total. The molecule has 2 unspecified atom stereocenters. The van der Waals surface area contributed by atoms with Crippen LogP contribution in [0.1, 0.15) is 26.2 Å². The topological polar surface area (TPSA) is 66.6 Å². The summed E-state index contributed by atoms with van der Waals surface area (Å²) in [6, 6.07) is 7.44. The highest BCUT2D eigenvalue weighted by Gasteiger charge is 2.38. The Labute approximate surface area is 159 Å². The van der Waals surface area contributed by atoms with Crippen LogP contribution in [0.15, 0.2) is 24.3 Å². The first kappa shape index (κ1) is 20.0. The summed E-state index contributed by atoms with van der Waals surface area (Å²) in [5, 5.41) is 0.539. The maximum atomic E-state index is 12.8. The van der Waals surface area contributed by atoms with Crippen LogP contribution in [0.3, 0.4) is 0 Å². The van der Waals surface area contributed by atoms with E-state index in [2.05, 4.69) is 0 Å². The monoisotopic (exact) mass is 385 g/mol. The van der Waals surface area contributed by atoms with Crippen LogP contribution < -0.4 is 10.6 Å². The summed E-state index contributed by atoms with van der Waals surface area (Å²) in [6.07, 6.45) is 2.15. The van der Waals surface area contributed by atoms with Crippen molar-refractivity contribution in [2.24, 2.45) is 17.6 Å². The van der Waals surface area contributed by atoms with Gasteiger partial charge in [-0.2, -0.15) is 0 Å². The standard InChI is InChI=1S/C18H24ClN3O2.ClH/c1-12(20)13-6-8-21(9-7-13)18(24)14-10-17(23)22(11-14)16-5-3-2-4-15(16)19;/h2-5,12-14H,6-11,20H2,1H3;1H. The van der Waals surface area contributed by atoms with Crippen LogP contribution in [0, 0.1) is 11.8 Å². The van der Waals surface area contributed by atoms with Gasteiger partial charge in [0.2, 0.25) is 11.8 Å². The van der Waals surface area contributed by atoms with Crippen LogP contribution in [0.25, 0.3) is 0 Å². The molecule has 1 aromatic carbocycles. The molecule has 2 aliphatic heterocycles. The fraction of sp³-hybridized carbons (Fsp3) is 0.556. The predicted molar refractivity (Wildman–Crippen MR) is 102 cm³/mol. The van der Waals surface area contributed by atoms with E-state index in [1.807, 2.05) is 30.0 Å². The number of carbonyl (C=O) groups is 2. The number of benzene rings is 1. The first-order valence-corrected chi connectivity index (χ1v) is 8.94. The van der Waals surface area contributed by atoms with Crippen molar-refractivity contribution in [3.05, 3.63) is 29.3 Å². The van der Waals surface area contributed by atoms with E-state index >= 15 is 0 Å². The van der Waals surface area contributed by atoms with E-state index in [1.54, 1.807) is 11.0 Å². The quantitative estimate of drug-likeness (QED) is 0.869. The number of carbonyl (C=O) groups excluding carboxylic acids is 2. The van der Waals surface area contributed by atoms with Gasteiger partial charge in [0, 0.05) is 32.1 Å². The average Bonchev–Trinajstić information content (AvgIpc) is 2.96. The summed E-state index contributed by atoms with van der Waals surface area (Å²) in [5.41, 5.74) is 6.65. The summed E-state index contributed by atoms with van der Waals surface area (Å²) in [6.45, 7) is 3.91. The lowest BCUT2D eigenvalue weighted by atomic mass is 9.90. The first-order chi connectivity index (χ1) is 11.5. The number of para-hydroxylation sites is 1. The summed E-state index contributed by atoms with van der Waals surface area (Å²) in [4.78, 5) is 28.6. The smallest absolute Gasteiger partial charge is 0.228 e. The number of nitrogens with two attached hydrogens (primary N) is 1. The highest BCUT2D eigenvalue weighted by molar-refractivity contribution is 6.33. The number of piperidine rings is 1. The van der Waals surface area contributed by atoms with Crippen LogP contribution in [0.2, 0.25) is 5.02 Å². The minimum Gasteiger partial charge on any atom is -0.342 e. The van der Waals surface area contributed by atoms with Crippen molar-refractivity contribution in [2.45, 2.75) is 32.2 Å². The predicted octanol–water partition coefficient (Wildman–Crippen LogP) is 2.70. The molecule has 2 fully saturated rings. The lowest BCUT2D eigenvalue weighted by molar-refractivity contribution is -0.137. The van der Waals surface area contributed by atoms with Crippen molar-refractivity contribution in [3.8, 4) is 0 Å². The fourth-order valence-electron chi connectivity index (χ4n) is 3.68. The van der Waals surface area contributed by atoms with Gasteiger partial charge in [-0.3, -0.25) is 9.59 Å². The number of nitrogens with zero attached hydrogens (tertiary/aromatic N) is 2. The largest absolute Gasteiger partial charge is 0.342 e. The highest BCUT2D eigenvalue weighted by atomic mass is 35.5. The zero-order valence-corrected chi connectivity index (χ0v) is 15.9. The van der Waals surface area contributed by atoms with Crippen LogP contribution >= 0.6 is 24.0 Å². The van der Waals surface area contributed by atoms with E-state index < -0.39 is 0 Å². The number of halogens is 2. The van der Waals surface area contributed by atoms with Crippen molar-refractivity contribution in [1.82, 2.24) is 4.90 Å². The minimum atomic E-state index is -0.277. The zero-order valence-electron chi connectivity index (χ0n) is 14.4. The minimum absolute atomic E-state index is 0. The van der Waals surface area contributed by atoms with Gasteiger partial charge < -0.3 is 15.5 Å². The highest BCUT2D eigenvalue weighted by Crippen LogP contribution is 2.32. The fourth-order valence-corrected chi connectivity index (χ4v) is 3.92. The summed E-state index contributed by atoms with van der Waals surface area (Å²) >= 11 is 6.19. The number of rotatable bonds is 3. The van der Waals surface area contributed by atoms with Gasteiger partial charge in [-0.15, -0.1) is 12.4 Å². The molecule has 2 amide bonds. The Morgan fingerprint density at radius 3 is 2.52 bits per heavy atom. The Hall–Kier alpha value is -1.30. The van der Waals surface area contributed by atoms with Crippen LogP contribution in [0.4, 0.5) is 5.69 Å². The number of hydrogen-bond acceptors (Lipinski definition) is 3. The molecule has 0 saturated carbocycles. The lowest BCUT2D eigenvalue weighted by Crippen LogP contribution is -2.45. The molecule has 2 aliphatic rings. The second kappa shape index (κ2) is 8.39. The molecule has 3 rings (SSSR count). The molecule has 0 bridgehead atoms. The molecule has 0 radical (unpaired) electrons. The summed E-state index contributed by atoms with van der Waals surface area (Å²) in [5.74, 6) is 0.257. The number of hydrogen-bond donors (Lipinski definition) is 1. The Kier molecular flexibility index (Phi) is 6.72. The molecular weight excluding hydrogens is 361 g/mol. The first-order valence-electron chi connectivity index (χ1n) is 8.56. The molecule has 2 heterocycles. The average molecular weight is 386 g/mol. The van der Waals surface area contributed by atoms with Gasteiger partial charge in [0.25, 0.3) is 0 Å². The number of likely N-dealkylation sites (tertiary alicyclic amines) is 1. The number of anilines is 1. The van der Waals surface area contributed by atoms with E-state index in [-0.39, 0.29) is 42.6 Å². The Balaban J connectivity index is 0.00000225. The molecule has 0 aliphatic carbocycles. The normalized spacial score (nSPS) is 22.7. The molecular formula is C18H25Cl2N3O2. The van der Waals surface area contributed by atoms with Crippen molar-refractivity contribution < 1.29 is 9.59 Å². The third-order valence-electron chi connectivity index (χ3n) is 5.21. The van der Waals surface area contributed by atoms with Gasteiger partial charge >= 0.3 is 0 Å². The van der Waals surface area contributed by atoms with Gasteiger partial charge in [-0.05, 0) is 37.8 Å². The SMILES string of the molecule is CC(N)C1CCN(C(=O)C2CC(=O)N(c3ccccc3Cl)C2)CC1.Cl. The lowest BCUT2D eigenvalue weighted by Gasteiger charge is -2.35. The van der Waals surface area contributed by atoms with Crippen molar-refractivity contribution in [3.63, 3.8) is 0 Å². The van der Waals surface area contributed by atoms with E-state index in [0.717, 1.165) is 25.9 Å². The molecule has 25 heavy (non-hydrogen) atoms. The van der Waals surface area contributed by atoms with Crippen molar-refractivity contribution >= 4 is 41.5 Å². The summed E-state index contributed by atoms with van der Waals surface area (Å²) in [7, 11) is 0. The second-order valence-corrected chi connectivity index (χ2v) is 7.29. The van der Waals surface area contributed by atoms with Crippen molar-refractivity contribution in [1.29, 1.82) is 0 Å². The van der Waals surface area contributed by atoms with Gasteiger partial charge in [0.1, 0.15) is 0 Å². The van der Waals surface area contributed by atoms with Gasteiger partial charge in [-0.25, -0.2) is 0 Å². The molecule has 7 heteroatoms. The van der Waals surface area contributed by atoms with Crippen LogP contribution in [-0.4, -0.2) is 42.4 Å². The van der Waals surface area contributed by atoms with Crippen LogP contribution in [-0.2, 0) is 9.59 Å². The molecule has 1 aromatic rings. The van der Waals surface area contributed by atoms with E-state index in [1.165, 1.54) is 0 Å². The molecule has 0 aromatic heterocycles. The van der Waals surface area contributed by atoms with Crippen LogP contribution in [0.5, 0.6) is 0 Å². The summed E-state index contributed by atoms with van der Waals surface area (Å²) < 4.78 is 0. The third kappa shape index (κ3) is 4.27. The Bertz CT molecular complexity index is 631. The molecule has 2 atom stereocenters. The van der Waals surface area contributed by atoms with Crippen molar-refractivity contribution in [2.75, 3.05) is 24.5 Å². The Morgan fingerprint density at radius 1 is 1.28 bits per heavy atom. The molecule has 2 saturated heterocycles. The second-order valence-electron chi connectivity index (χ2n) is 6.88. The van der Waals surface area contributed by atoms with Gasteiger partial charge in [0.05, 0.1) is 16.6 Å². The van der Waals surface area contributed by atoms with E-state index in [9.17, 15) is 9.59 Å². The van der Waals surface area contributed by atoms with E-state index in [4.69, 9.17) is 17.3 Å². The zero-order chi connectivity index (χ0) is 17.3. The Morgan fingerprint density at radius 2 is 1.92 bits per heavy atom. The molecule has 2 N–H and O–H groups in total. The van der Waals surface area contributed by atoms with E-state index in [0.29, 0.717) is 23.2 Å². The molecule has 0 spiro atoms. The van der Waals surface area contributed by atoms with Gasteiger partial charge in [-0.1, -0.05) is 23.7 Å². The maximum Gasteiger partial charge on any atom is 0.228 e. The molecule has 138 valence electrons. The maximum absolute atomic E-state index is 12.8. The van der Waals surface area contributed by atoms with Gasteiger partial charge in [0.15, 0.2) is 0 Å². The third-order valence-corrected chi connectivity index (χ3v) is 5.53.